The van der Waals surface area contributed by atoms with Crippen LogP contribution >= 0.6 is 0 Å². The van der Waals surface area contributed by atoms with Crippen molar-refractivity contribution in [3.8, 4) is 5.75 Å². The number of likely N-dealkylation sites (tertiary alicyclic amines) is 2. The second-order valence-electron chi connectivity index (χ2n) is 9.10. The first-order valence-electron chi connectivity index (χ1n) is 11.1. The minimum absolute atomic E-state index is 0.103. The van der Waals surface area contributed by atoms with Gasteiger partial charge >= 0.3 is 0 Å². The zero-order chi connectivity index (χ0) is 22.0. The van der Waals surface area contributed by atoms with Crippen LogP contribution in [0.15, 0.2) is 36.8 Å². The number of carbonyl (C=O) groups excluding carboxylic acids is 1. The maximum absolute atomic E-state index is 13.6. The van der Waals surface area contributed by atoms with Gasteiger partial charge in [0.25, 0.3) is 0 Å². The Balaban J connectivity index is 1.59. The first-order chi connectivity index (χ1) is 15.0. The van der Waals surface area contributed by atoms with Crippen LogP contribution in [0.4, 0.5) is 0 Å². The number of imidazole rings is 1. The van der Waals surface area contributed by atoms with E-state index < -0.39 is 5.41 Å². The Kier molecular flexibility index (Phi) is 6.34. The van der Waals surface area contributed by atoms with Gasteiger partial charge in [-0.05, 0) is 38.0 Å². The van der Waals surface area contributed by atoms with Crippen molar-refractivity contribution in [3.05, 3.63) is 48.0 Å². The van der Waals surface area contributed by atoms with E-state index in [-0.39, 0.29) is 11.8 Å². The van der Waals surface area contributed by atoms with Gasteiger partial charge in [-0.25, -0.2) is 4.98 Å². The number of benzene rings is 1. The van der Waals surface area contributed by atoms with Crippen molar-refractivity contribution in [3.63, 3.8) is 0 Å². The lowest BCUT2D eigenvalue weighted by Crippen LogP contribution is -2.40. The van der Waals surface area contributed by atoms with Crippen molar-refractivity contribution in [2.24, 2.45) is 5.41 Å². The highest BCUT2D eigenvalue weighted by Crippen LogP contribution is 2.49. The average molecular weight is 427 g/mol. The van der Waals surface area contributed by atoms with Crippen LogP contribution in [0.25, 0.3) is 0 Å². The molecule has 1 amide bonds. The molecule has 7 heteroatoms. The molecule has 1 aromatic heterocycles. The van der Waals surface area contributed by atoms with E-state index in [0.717, 1.165) is 44.0 Å². The summed E-state index contributed by atoms with van der Waals surface area (Å²) in [6.07, 6.45) is 4.91. The van der Waals surface area contributed by atoms with Crippen LogP contribution in [0.1, 0.15) is 43.5 Å². The van der Waals surface area contributed by atoms with Gasteiger partial charge < -0.3 is 18.9 Å². The number of methoxy groups -OCH3 is 2. The van der Waals surface area contributed by atoms with Crippen LogP contribution in [0.5, 0.6) is 5.75 Å². The maximum Gasteiger partial charge on any atom is 0.230 e. The molecule has 2 fully saturated rings. The predicted molar refractivity (Wildman–Crippen MR) is 119 cm³/mol. The smallest absolute Gasteiger partial charge is 0.230 e. The van der Waals surface area contributed by atoms with Gasteiger partial charge in [-0.15, -0.1) is 0 Å². The molecule has 7 nitrogen and oxygen atoms in total. The minimum atomic E-state index is -0.406. The molecule has 0 N–H and O–H groups in total. The minimum Gasteiger partial charge on any atom is -0.497 e. The van der Waals surface area contributed by atoms with Crippen LogP contribution in [0.2, 0.25) is 0 Å². The standard InChI is InChI=1S/C24H34N4O3/c1-18(2)28-15-22(25-17-28)21-14-26(13-19-5-7-20(31-4)8-6-19)16-24(21)9-10-27(23(24)29)11-12-30-3/h5-8,15,17-18,21H,9-14,16H2,1-4H3. The number of rotatable bonds is 8. The van der Waals surface area contributed by atoms with Gasteiger partial charge in [-0.3, -0.25) is 9.69 Å². The van der Waals surface area contributed by atoms with Gasteiger partial charge in [0.2, 0.25) is 5.91 Å². The summed E-state index contributed by atoms with van der Waals surface area (Å²) in [5, 5.41) is 0. The van der Waals surface area contributed by atoms with Crippen molar-refractivity contribution in [1.29, 1.82) is 0 Å². The van der Waals surface area contributed by atoms with Crippen LogP contribution in [-0.2, 0) is 16.1 Å². The van der Waals surface area contributed by atoms with Gasteiger partial charge in [-0.2, -0.15) is 0 Å². The van der Waals surface area contributed by atoms with Crippen molar-refractivity contribution in [2.45, 2.75) is 38.8 Å². The second kappa shape index (κ2) is 9.01. The molecule has 1 spiro atoms. The SMILES string of the molecule is COCCN1CCC2(CN(Cc3ccc(OC)cc3)CC2c2cn(C(C)C)cn2)C1=O. The van der Waals surface area contributed by atoms with E-state index in [1.807, 2.05) is 23.4 Å². The monoisotopic (exact) mass is 426 g/mol. The molecule has 3 heterocycles. The van der Waals surface area contributed by atoms with Crippen molar-refractivity contribution < 1.29 is 14.3 Å². The summed E-state index contributed by atoms with van der Waals surface area (Å²) < 4.78 is 12.7. The molecule has 0 saturated carbocycles. The molecule has 2 aliphatic rings. The van der Waals surface area contributed by atoms with E-state index in [1.165, 1.54) is 5.56 Å². The summed E-state index contributed by atoms with van der Waals surface area (Å²) >= 11 is 0. The highest BCUT2D eigenvalue weighted by atomic mass is 16.5. The van der Waals surface area contributed by atoms with E-state index in [9.17, 15) is 4.79 Å². The van der Waals surface area contributed by atoms with Crippen LogP contribution in [-0.4, -0.2) is 72.3 Å². The van der Waals surface area contributed by atoms with Crippen molar-refractivity contribution in [2.75, 3.05) is 47.0 Å². The van der Waals surface area contributed by atoms with E-state index in [2.05, 4.69) is 41.6 Å². The first-order valence-corrected chi connectivity index (χ1v) is 11.1. The lowest BCUT2D eigenvalue weighted by atomic mass is 9.75. The largest absolute Gasteiger partial charge is 0.497 e. The highest BCUT2D eigenvalue weighted by Gasteiger charge is 2.57. The molecule has 2 saturated heterocycles. The average Bonchev–Trinajstić information content (AvgIpc) is 3.47. The highest BCUT2D eigenvalue weighted by molar-refractivity contribution is 5.86. The number of ether oxygens (including phenoxy) is 2. The van der Waals surface area contributed by atoms with Gasteiger partial charge in [0, 0.05) is 58.0 Å². The Hall–Kier alpha value is -2.38. The molecule has 31 heavy (non-hydrogen) atoms. The molecule has 2 atom stereocenters. The molecular weight excluding hydrogens is 392 g/mol. The fourth-order valence-corrected chi connectivity index (χ4v) is 5.05. The quantitative estimate of drug-likeness (QED) is 0.650. The molecular formula is C24H34N4O3. The number of hydrogen-bond donors (Lipinski definition) is 0. The third kappa shape index (κ3) is 4.21. The van der Waals surface area contributed by atoms with Gasteiger partial charge in [0.05, 0.1) is 31.2 Å². The fourth-order valence-electron chi connectivity index (χ4n) is 5.05. The summed E-state index contributed by atoms with van der Waals surface area (Å²) in [5.41, 5.74) is 1.86. The Labute approximate surface area is 184 Å². The molecule has 4 rings (SSSR count). The van der Waals surface area contributed by atoms with E-state index in [1.54, 1.807) is 14.2 Å². The summed E-state index contributed by atoms with van der Waals surface area (Å²) in [5.74, 6) is 1.22. The molecule has 2 unspecified atom stereocenters. The van der Waals surface area contributed by atoms with Crippen LogP contribution < -0.4 is 4.74 Å². The molecule has 0 aliphatic carbocycles. The van der Waals surface area contributed by atoms with Gasteiger partial charge in [0.15, 0.2) is 0 Å². The van der Waals surface area contributed by atoms with Crippen LogP contribution in [0, 0.1) is 5.41 Å². The molecule has 2 aromatic rings. The summed E-state index contributed by atoms with van der Waals surface area (Å²) in [4.78, 5) is 22.8. The topological polar surface area (TPSA) is 59.8 Å². The Bertz CT molecular complexity index is 894. The first kappa shape index (κ1) is 21.8. The molecule has 2 aliphatic heterocycles. The Morgan fingerprint density at radius 2 is 2.00 bits per heavy atom. The van der Waals surface area contributed by atoms with Gasteiger partial charge in [-0.1, -0.05) is 12.1 Å². The number of hydrogen-bond acceptors (Lipinski definition) is 5. The third-order valence-electron chi connectivity index (χ3n) is 6.86. The van der Waals surface area contributed by atoms with Gasteiger partial charge in [0.1, 0.15) is 5.75 Å². The Morgan fingerprint density at radius 1 is 1.23 bits per heavy atom. The summed E-state index contributed by atoms with van der Waals surface area (Å²) in [6, 6.07) is 8.56. The van der Waals surface area contributed by atoms with E-state index in [4.69, 9.17) is 14.5 Å². The fraction of sp³-hybridized carbons (Fsp3) is 0.583. The molecule has 1 aromatic carbocycles. The van der Waals surface area contributed by atoms with E-state index >= 15 is 0 Å². The summed E-state index contributed by atoms with van der Waals surface area (Å²) in [7, 11) is 3.37. The number of amides is 1. The lowest BCUT2D eigenvalue weighted by Gasteiger charge is -2.28. The van der Waals surface area contributed by atoms with Crippen molar-refractivity contribution in [1.82, 2.24) is 19.4 Å². The zero-order valence-corrected chi connectivity index (χ0v) is 19.1. The van der Waals surface area contributed by atoms with Crippen LogP contribution in [0.3, 0.4) is 0 Å². The molecule has 168 valence electrons. The number of aromatic nitrogens is 2. The lowest BCUT2D eigenvalue weighted by molar-refractivity contribution is -0.136. The van der Waals surface area contributed by atoms with Crippen molar-refractivity contribution >= 4 is 5.91 Å². The number of carbonyl (C=O) groups is 1. The Morgan fingerprint density at radius 3 is 2.65 bits per heavy atom. The maximum atomic E-state index is 13.6. The molecule has 0 bridgehead atoms. The summed E-state index contributed by atoms with van der Waals surface area (Å²) in [6.45, 7) is 8.74. The van der Waals surface area contributed by atoms with E-state index in [0.29, 0.717) is 19.2 Å². The normalized spacial score (nSPS) is 24.1. The zero-order valence-electron chi connectivity index (χ0n) is 19.1. The molecule has 0 radical (unpaired) electrons. The predicted octanol–water partition coefficient (Wildman–Crippen LogP) is 2.94. The number of nitrogens with zero attached hydrogens (tertiary/aromatic N) is 4. The second-order valence-corrected chi connectivity index (χ2v) is 9.10. The third-order valence-corrected chi connectivity index (χ3v) is 6.86.